The van der Waals surface area contributed by atoms with Crippen LogP contribution in [0.25, 0.3) is 87.4 Å². The normalized spacial score (nSPS) is 14.8. The molecule has 560 valence electrons. The molecule has 2 aliphatic rings. The summed E-state index contributed by atoms with van der Waals surface area (Å²) in [5.74, 6) is -1.64. The van der Waals surface area contributed by atoms with Crippen molar-refractivity contribution in [2.75, 3.05) is 58.3 Å². The number of carbonyl (C=O) groups excluding carboxylic acids is 6. The summed E-state index contributed by atoms with van der Waals surface area (Å²) < 4.78 is 27.7. The molecule has 2 saturated carbocycles. The standard InChI is InChI=1S/C23H21N5O2.C22H21N5O.C18H21N5O.C16H19N5O4S.CH4/c1-11-4-20-12(2-3-26-20)6-15(11)13-5-14-8-21(27-10-18(14)19(24)7-13)28-23(30)17-9-16(17)22(25)29;1-2-14-5-3-4-6-18(14)15-9-16-11-21(24-13-19(16)20(23)10-15)26-22(28)12-17-7-8-25-27-17;1-11(2)21-18(24)22-17-8-14-6-13(12-4-5-23(3)10-12)7-16(19)15(14)9-20-17;1-21(2)26(24,25)9-3-8-4-14(19-7-12(8)13(17)5-9)20-16(23)11-6-10(11)15(18)22;/h2-8,10,16-17,26H,9,24H2,1H3,(H2,25,29)(H,27,28,30);3-11,13H,2,12,23H2,1H3,(H,25,27)(H,24,26,28);4-11H,19H2,1-3H3,(H2,20,21,22,24);3-5,7,10-11H,6,17H2,1-2H3,(H2,18,22)(H,19,20,23);1H4/t16-,17?;;;10-,11-;/m1..0./s1. The number of nitrogens with two attached hydrogens (primary N) is 6. The molecule has 0 radical (unpaired) electrons. The summed E-state index contributed by atoms with van der Waals surface area (Å²) in [5, 5.41) is 27.9. The zero-order valence-electron chi connectivity index (χ0n) is 60.2. The van der Waals surface area contributed by atoms with E-state index in [0.29, 0.717) is 58.1 Å². The summed E-state index contributed by atoms with van der Waals surface area (Å²) in [5.41, 5.74) is 48.1. The van der Waals surface area contributed by atoms with Gasteiger partial charge in [-0.2, -0.15) is 5.10 Å². The topological polar surface area (TPSA) is 457 Å². The van der Waals surface area contributed by atoms with Gasteiger partial charge in [0.2, 0.25) is 39.6 Å². The Kier molecular flexibility index (Phi) is 22.7. The number of aryl methyl sites for hydroxylation is 3. The monoisotopic (exact) mass is 1490 g/mol. The van der Waals surface area contributed by atoms with Gasteiger partial charge in [0.1, 0.15) is 23.3 Å². The maximum absolute atomic E-state index is 12.3. The molecule has 15 rings (SSSR count). The van der Waals surface area contributed by atoms with Crippen LogP contribution in [0.3, 0.4) is 0 Å². The number of pyridine rings is 4. The molecule has 0 bridgehead atoms. The first-order valence-corrected chi connectivity index (χ1v) is 36.1. The molecule has 109 heavy (non-hydrogen) atoms. The van der Waals surface area contributed by atoms with Gasteiger partial charge in [-0.3, -0.25) is 34.4 Å². The predicted octanol–water partition coefficient (Wildman–Crippen LogP) is 11.4. The number of carbonyl (C=O) groups is 6. The summed E-state index contributed by atoms with van der Waals surface area (Å²) in [6, 6.07) is 40.1. The van der Waals surface area contributed by atoms with Gasteiger partial charge in [0.15, 0.2) is 0 Å². The van der Waals surface area contributed by atoms with E-state index in [1.54, 1.807) is 43.0 Å². The Morgan fingerprint density at radius 2 is 1.07 bits per heavy atom. The molecular weight excluding hydrogens is 1400 g/mol. The van der Waals surface area contributed by atoms with Crippen molar-refractivity contribution in [2.24, 2.45) is 42.2 Å². The lowest BCUT2D eigenvalue weighted by Crippen LogP contribution is -2.34. The highest BCUT2D eigenvalue weighted by atomic mass is 32.2. The van der Waals surface area contributed by atoms with E-state index in [4.69, 9.17) is 34.4 Å². The molecule has 0 spiro atoms. The molecule has 7 aromatic heterocycles. The van der Waals surface area contributed by atoms with E-state index in [9.17, 15) is 37.2 Å². The van der Waals surface area contributed by atoms with Crippen molar-refractivity contribution in [1.29, 1.82) is 0 Å². The van der Waals surface area contributed by atoms with E-state index < -0.39 is 33.7 Å². The van der Waals surface area contributed by atoms with E-state index in [2.05, 4.69) is 106 Å². The molecule has 4 atom stereocenters. The fraction of sp³-hybridized carbons (Fsp3) is 0.212. The Morgan fingerprint density at radius 3 is 1.56 bits per heavy atom. The Hall–Kier alpha value is -13.3. The van der Waals surface area contributed by atoms with Crippen molar-refractivity contribution < 1.29 is 37.2 Å². The van der Waals surface area contributed by atoms with Crippen LogP contribution < -0.4 is 61.0 Å². The molecule has 19 N–H and O–H groups in total. The average molecular weight is 1490 g/mol. The molecule has 7 heterocycles. The van der Waals surface area contributed by atoms with Gasteiger partial charge in [-0.25, -0.2) is 37.5 Å². The quantitative estimate of drug-likeness (QED) is 0.0377. The first-order chi connectivity index (χ1) is 51.6. The fourth-order valence-electron chi connectivity index (χ4n) is 12.7. The van der Waals surface area contributed by atoms with Crippen molar-refractivity contribution in [3.05, 3.63) is 194 Å². The number of aromatic nitrogens is 8. The van der Waals surface area contributed by atoms with E-state index >= 15 is 0 Å². The molecule has 7 amide bonds. The van der Waals surface area contributed by atoms with Crippen LogP contribution in [0.15, 0.2) is 182 Å². The lowest BCUT2D eigenvalue weighted by Gasteiger charge is -2.13. The molecule has 0 aliphatic heterocycles. The van der Waals surface area contributed by atoms with Crippen LogP contribution in [-0.4, -0.2) is 108 Å². The number of sulfonamides is 1. The molecule has 6 aromatic carbocycles. The number of nitrogens with one attached hydrogen (secondary N) is 7. The van der Waals surface area contributed by atoms with Gasteiger partial charge in [-0.05, 0) is 215 Å². The summed E-state index contributed by atoms with van der Waals surface area (Å²) >= 11 is 0. The number of rotatable bonds is 17. The lowest BCUT2D eigenvalue weighted by molar-refractivity contribution is -0.123. The second kappa shape index (κ2) is 32.2. The van der Waals surface area contributed by atoms with Gasteiger partial charge < -0.3 is 65.2 Å². The van der Waals surface area contributed by atoms with Crippen LogP contribution in [0.1, 0.15) is 57.9 Å². The summed E-state index contributed by atoms with van der Waals surface area (Å²) in [6.07, 6.45) is 16.2. The zero-order chi connectivity index (χ0) is 77.0. The largest absolute Gasteiger partial charge is 0.398 e. The average Bonchev–Trinajstić information content (AvgIpc) is 0.925. The number of H-pyrrole nitrogens is 2. The number of hydrogen-bond acceptors (Lipinski definition) is 17. The number of urea groups is 1. The number of anilines is 8. The van der Waals surface area contributed by atoms with E-state index in [0.717, 1.165) is 93.0 Å². The molecular formula is C80H86N20O8S. The fourth-order valence-corrected chi connectivity index (χ4v) is 13.7. The second-order valence-corrected chi connectivity index (χ2v) is 29.4. The number of primary amides is 2. The summed E-state index contributed by atoms with van der Waals surface area (Å²) in [4.78, 5) is 91.1. The third-order valence-corrected chi connectivity index (χ3v) is 20.4. The number of benzene rings is 6. The van der Waals surface area contributed by atoms with Crippen LogP contribution in [0.5, 0.6) is 0 Å². The van der Waals surface area contributed by atoms with Crippen molar-refractivity contribution in [2.45, 2.75) is 71.7 Å². The summed E-state index contributed by atoms with van der Waals surface area (Å²) in [7, 11) is 1.19. The Balaban J connectivity index is 0.000000144. The number of aromatic amines is 2. The second-order valence-electron chi connectivity index (χ2n) is 27.2. The Morgan fingerprint density at radius 1 is 0.578 bits per heavy atom. The van der Waals surface area contributed by atoms with Crippen LogP contribution in [0, 0.1) is 30.6 Å². The first kappa shape index (κ1) is 76.8. The van der Waals surface area contributed by atoms with E-state index in [-0.39, 0.29) is 71.9 Å². The highest BCUT2D eigenvalue weighted by Gasteiger charge is 2.48. The third kappa shape index (κ3) is 17.8. The highest BCUT2D eigenvalue weighted by molar-refractivity contribution is 7.89. The maximum Gasteiger partial charge on any atom is 0.320 e. The molecule has 0 saturated heterocycles. The van der Waals surface area contributed by atoms with Gasteiger partial charge >= 0.3 is 6.03 Å². The minimum Gasteiger partial charge on any atom is -0.398 e. The van der Waals surface area contributed by atoms with Crippen molar-refractivity contribution in [3.63, 3.8) is 0 Å². The van der Waals surface area contributed by atoms with E-state index in [1.165, 1.54) is 43.6 Å². The number of nitrogens with zero attached hydrogens (tertiary/aromatic N) is 7. The maximum atomic E-state index is 12.3. The highest BCUT2D eigenvalue weighted by Crippen LogP contribution is 2.42. The van der Waals surface area contributed by atoms with Crippen LogP contribution in [0.2, 0.25) is 0 Å². The Bertz CT molecular complexity index is 5800. The van der Waals surface area contributed by atoms with Gasteiger partial charge in [0.25, 0.3) is 0 Å². The number of amides is 7. The SMILES string of the molecule is C.CC(C)NC(=O)Nc1cc2cc(-c3ccn(C)c3)cc(N)c2cn1.CCc1ccccc1-c1cc(N)c2cnc(NC(=O)Cc3ccn[nH]3)cc2c1.CN(C)S(=O)(=O)c1cc(N)c2cnc(NC(=O)[C@H]3C[C@@H]3C(N)=O)cc2c1.Cc1cc2[nH]ccc2cc1-c1cc(N)c2cnc(NC(=O)C3C[C@H]3C(N)=O)cc2c1. The van der Waals surface area contributed by atoms with E-state index in [1.807, 2.05) is 111 Å². The van der Waals surface area contributed by atoms with Gasteiger partial charge in [-0.1, -0.05) is 38.6 Å². The molecule has 2 fully saturated rings. The van der Waals surface area contributed by atoms with Crippen molar-refractivity contribution in [3.8, 4) is 33.4 Å². The predicted molar refractivity (Wildman–Crippen MR) is 431 cm³/mol. The van der Waals surface area contributed by atoms with Crippen LogP contribution in [0.4, 0.5) is 50.8 Å². The van der Waals surface area contributed by atoms with Gasteiger partial charge in [-0.15, -0.1) is 0 Å². The smallest absolute Gasteiger partial charge is 0.320 e. The number of fused-ring (bicyclic) bond motifs is 5. The number of nitrogen functional groups attached to an aromatic ring is 4. The van der Waals surface area contributed by atoms with Crippen molar-refractivity contribution in [1.82, 2.24) is 49.3 Å². The lowest BCUT2D eigenvalue weighted by atomic mass is 9.95. The Labute approximate surface area is 628 Å². The minimum atomic E-state index is -3.65. The van der Waals surface area contributed by atoms with Gasteiger partial charge in [0, 0.05) is 132 Å². The number of hydrogen-bond donors (Lipinski definition) is 13. The first-order valence-electron chi connectivity index (χ1n) is 34.6. The van der Waals surface area contributed by atoms with Crippen LogP contribution in [-0.2, 0) is 53.9 Å². The van der Waals surface area contributed by atoms with Crippen LogP contribution >= 0.6 is 0 Å². The minimum absolute atomic E-state index is 0. The molecule has 2 aliphatic carbocycles. The molecule has 28 nitrogen and oxygen atoms in total. The zero-order valence-corrected chi connectivity index (χ0v) is 61.0. The van der Waals surface area contributed by atoms with Crippen molar-refractivity contribution >= 4 is 146 Å². The summed E-state index contributed by atoms with van der Waals surface area (Å²) in [6.45, 7) is 8.01. The molecule has 1 unspecified atom stereocenters. The molecule has 13 aromatic rings. The van der Waals surface area contributed by atoms with Gasteiger partial charge in [0.05, 0.1) is 35.0 Å². The third-order valence-electron chi connectivity index (χ3n) is 18.6. The molecule has 29 heteroatoms.